The summed E-state index contributed by atoms with van der Waals surface area (Å²) in [4.78, 5) is 25.1. The highest BCUT2D eigenvalue weighted by molar-refractivity contribution is 5.80. The van der Waals surface area contributed by atoms with E-state index in [0.717, 1.165) is 30.5 Å². The predicted molar refractivity (Wildman–Crippen MR) is 93.5 cm³/mol. The van der Waals surface area contributed by atoms with E-state index in [1.54, 1.807) is 6.20 Å². The number of urea groups is 1. The Kier molecular flexibility index (Phi) is 5.33. The molecule has 7 heteroatoms. The minimum Gasteiger partial charge on any atom is -0.352 e. The molecule has 132 valence electrons. The van der Waals surface area contributed by atoms with Crippen molar-refractivity contribution in [2.75, 3.05) is 13.1 Å². The van der Waals surface area contributed by atoms with E-state index in [9.17, 15) is 9.59 Å². The fraction of sp³-hybridized carbons (Fsp3) is 0.389. The average molecular weight is 341 g/mol. The third-order valence-electron chi connectivity index (χ3n) is 4.50. The molecule has 25 heavy (non-hydrogen) atoms. The van der Waals surface area contributed by atoms with Crippen molar-refractivity contribution in [1.82, 2.24) is 20.0 Å². The number of aromatic nitrogens is 2. The van der Waals surface area contributed by atoms with Crippen molar-refractivity contribution in [3.8, 4) is 0 Å². The molecule has 1 atom stereocenters. The van der Waals surface area contributed by atoms with Crippen LogP contribution in [0.2, 0.25) is 0 Å². The molecule has 0 bridgehead atoms. The standard InChI is InChI=1S/C18H23N5O2/c19-18(25)22-9-1-3-16(13-22)17(24)20-11-14-4-6-15(7-5-14)12-23-10-2-8-21-23/h2,4-8,10,16H,1,3,9,11-13H2,(H2,19,25)(H,20,24)/t16-/m0/s1. The summed E-state index contributed by atoms with van der Waals surface area (Å²) in [7, 11) is 0. The molecule has 1 aliphatic rings. The van der Waals surface area contributed by atoms with Gasteiger partial charge in [-0.1, -0.05) is 24.3 Å². The summed E-state index contributed by atoms with van der Waals surface area (Å²) in [5.74, 6) is -0.202. The van der Waals surface area contributed by atoms with Crippen molar-refractivity contribution in [1.29, 1.82) is 0 Å². The number of hydrogen-bond donors (Lipinski definition) is 2. The highest BCUT2D eigenvalue weighted by Crippen LogP contribution is 2.16. The van der Waals surface area contributed by atoms with Crippen LogP contribution in [0.1, 0.15) is 24.0 Å². The molecule has 3 N–H and O–H groups in total. The second-order valence-corrected chi connectivity index (χ2v) is 6.36. The first-order valence-corrected chi connectivity index (χ1v) is 8.49. The Balaban J connectivity index is 1.49. The third kappa shape index (κ3) is 4.59. The first-order chi connectivity index (χ1) is 12.1. The van der Waals surface area contributed by atoms with E-state index in [1.165, 1.54) is 4.90 Å². The highest BCUT2D eigenvalue weighted by atomic mass is 16.2. The zero-order valence-corrected chi connectivity index (χ0v) is 14.1. The van der Waals surface area contributed by atoms with E-state index in [1.807, 2.05) is 41.2 Å². The quantitative estimate of drug-likeness (QED) is 0.859. The van der Waals surface area contributed by atoms with Crippen LogP contribution in [0, 0.1) is 5.92 Å². The normalized spacial score (nSPS) is 17.3. The second-order valence-electron chi connectivity index (χ2n) is 6.36. The van der Waals surface area contributed by atoms with Crippen molar-refractivity contribution in [2.24, 2.45) is 11.7 Å². The third-order valence-corrected chi connectivity index (χ3v) is 4.50. The van der Waals surface area contributed by atoms with Gasteiger partial charge in [0, 0.05) is 32.0 Å². The summed E-state index contributed by atoms with van der Waals surface area (Å²) in [6, 6.07) is 9.54. The number of rotatable bonds is 5. The van der Waals surface area contributed by atoms with Crippen LogP contribution >= 0.6 is 0 Å². The lowest BCUT2D eigenvalue weighted by Gasteiger charge is -2.30. The topological polar surface area (TPSA) is 93.3 Å². The molecule has 3 amide bonds. The number of amides is 3. The average Bonchev–Trinajstić information content (AvgIpc) is 3.14. The van der Waals surface area contributed by atoms with Crippen LogP contribution in [0.15, 0.2) is 42.7 Å². The number of hydrogen-bond acceptors (Lipinski definition) is 3. The molecule has 3 rings (SSSR count). The van der Waals surface area contributed by atoms with E-state index in [2.05, 4.69) is 10.4 Å². The Morgan fingerprint density at radius 3 is 2.68 bits per heavy atom. The van der Waals surface area contributed by atoms with Gasteiger partial charge < -0.3 is 16.0 Å². The van der Waals surface area contributed by atoms with Crippen LogP contribution in [-0.4, -0.2) is 39.7 Å². The van der Waals surface area contributed by atoms with Gasteiger partial charge in [0.25, 0.3) is 0 Å². The molecule has 0 radical (unpaired) electrons. The van der Waals surface area contributed by atoms with Crippen LogP contribution in [0.3, 0.4) is 0 Å². The minimum absolute atomic E-state index is 0.0217. The van der Waals surface area contributed by atoms with Gasteiger partial charge in [0.1, 0.15) is 0 Å². The van der Waals surface area contributed by atoms with E-state index in [-0.39, 0.29) is 11.8 Å². The van der Waals surface area contributed by atoms with Gasteiger partial charge in [0.2, 0.25) is 5.91 Å². The van der Waals surface area contributed by atoms with Crippen molar-refractivity contribution >= 4 is 11.9 Å². The molecular formula is C18H23N5O2. The number of primary amides is 1. The van der Waals surface area contributed by atoms with E-state index in [0.29, 0.717) is 19.6 Å². The summed E-state index contributed by atoms with van der Waals surface area (Å²) >= 11 is 0. The highest BCUT2D eigenvalue weighted by Gasteiger charge is 2.27. The molecule has 2 aromatic rings. The maximum atomic E-state index is 12.3. The molecule has 1 aromatic carbocycles. The maximum Gasteiger partial charge on any atom is 0.314 e. The lowest BCUT2D eigenvalue weighted by molar-refractivity contribution is -0.126. The van der Waals surface area contributed by atoms with Crippen LogP contribution in [-0.2, 0) is 17.9 Å². The Bertz CT molecular complexity index is 712. The minimum atomic E-state index is -0.453. The van der Waals surface area contributed by atoms with Gasteiger partial charge in [0.05, 0.1) is 12.5 Å². The zero-order valence-electron chi connectivity index (χ0n) is 14.1. The van der Waals surface area contributed by atoms with Crippen LogP contribution in [0.5, 0.6) is 0 Å². The summed E-state index contributed by atoms with van der Waals surface area (Å²) in [5, 5.41) is 7.14. The van der Waals surface area contributed by atoms with E-state index >= 15 is 0 Å². The van der Waals surface area contributed by atoms with Crippen LogP contribution < -0.4 is 11.1 Å². The van der Waals surface area contributed by atoms with Gasteiger partial charge in [-0.05, 0) is 30.0 Å². The van der Waals surface area contributed by atoms with Crippen molar-refractivity contribution < 1.29 is 9.59 Å². The molecule has 1 saturated heterocycles. The van der Waals surface area contributed by atoms with Crippen molar-refractivity contribution in [3.63, 3.8) is 0 Å². The Labute approximate surface area is 146 Å². The smallest absolute Gasteiger partial charge is 0.314 e. The number of nitrogens with two attached hydrogens (primary N) is 1. The zero-order chi connectivity index (χ0) is 17.6. The number of likely N-dealkylation sites (tertiary alicyclic amines) is 1. The second kappa shape index (κ2) is 7.83. The van der Waals surface area contributed by atoms with E-state index in [4.69, 9.17) is 5.73 Å². The van der Waals surface area contributed by atoms with Crippen LogP contribution in [0.4, 0.5) is 4.79 Å². The molecule has 0 unspecified atom stereocenters. The molecule has 7 nitrogen and oxygen atoms in total. The van der Waals surface area contributed by atoms with Crippen molar-refractivity contribution in [2.45, 2.75) is 25.9 Å². The molecule has 1 fully saturated rings. The first kappa shape index (κ1) is 17.0. The largest absolute Gasteiger partial charge is 0.352 e. The summed E-state index contributed by atoms with van der Waals surface area (Å²) in [5.41, 5.74) is 7.50. The van der Waals surface area contributed by atoms with Gasteiger partial charge in [0.15, 0.2) is 0 Å². The molecule has 0 spiro atoms. The number of piperidine rings is 1. The number of nitrogens with one attached hydrogen (secondary N) is 1. The fourth-order valence-electron chi connectivity index (χ4n) is 3.07. The fourth-order valence-corrected chi connectivity index (χ4v) is 3.07. The molecule has 0 saturated carbocycles. The Morgan fingerprint density at radius 2 is 2.00 bits per heavy atom. The van der Waals surface area contributed by atoms with Crippen molar-refractivity contribution in [3.05, 3.63) is 53.9 Å². The number of carbonyl (C=O) groups excluding carboxylic acids is 2. The first-order valence-electron chi connectivity index (χ1n) is 8.49. The Morgan fingerprint density at radius 1 is 1.24 bits per heavy atom. The molecule has 2 heterocycles. The van der Waals surface area contributed by atoms with Gasteiger partial charge in [-0.15, -0.1) is 0 Å². The summed E-state index contributed by atoms with van der Waals surface area (Å²) in [6.07, 6.45) is 5.28. The lowest BCUT2D eigenvalue weighted by atomic mass is 9.97. The molecule has 0 aliphatic carbocycles. The maximum absolute atomic E-state index is 12.3. The molecular weight excluding hydrogens is 318 g/mol. The van der Waals surface area contributed by atoms with Gasteiger partial charge in [-0.2, -0.15) is 5.10 Å². The SMILES string of the molecule is NC(=O)N1CCC[C@H](C(=O)NCc2ccc(Cn3cccn3)cc2)C1. The van der Waals surface area contributed by atoms with Gasteiger partial charge in [-0.3, -0.25) is 9.48 Å². The monoisotopic (exact) mass is 341 g/mol. The summed E-state index contributed by atoms with van der Waals surface area (Å²) < 4.78 is 1.87. The number of carbonyl (C=O) groups is 2. The van der Waals surface area contributed by atoms with E-state index < -0.39 is 6.03 Å². The number of nitrogens with zero attached hydrogens (tertiary/aromatic N) is 3. The Hall–Kier alpha value is -2.83. The lowest BCUT2D eigenvalue weighted by Crippen LogP contribution is -2.47. The van der Waals surface area contributed by atoms with Gasteiger partial charge in [-0.25, -0.2) is 4.79 Å². The predicted octanol–water partition coefficient (Wildman–Crippen LogP) is 1.34. The summed E-state index contributed by atoms with van der Waals surface area (Å²) in [6.45, 7) is 2.25. The molecule has 1 aromatic heterocycles. The van der Waals surface area contributed by atoms with Gasteiger partial charge >= 0.3 is 6.03 Å². The van der Waals surface area contributed by atoms with Crippen LogP contribution in [0.25, 0.3) is 0 Å². The molecule has 1 aliphatic heterocycles. The number of benzene rings is 1.